The van der Waals surface area contributed by atoms with Gasteiger partial charge >= 0.3 is 0 Å². The summed E-state index contributed by atoms with van der Waals surface area (Å²) in [6.45, 7) is 6.00. The maximum atomic E-state index is 14.5. The van der Waals surface area contributed by atoms with Gasteiger partial charge in [-0.15, -0.1) is 0 Å². The molecule has 7 nitrogen and oxygen atoms in total. The van der Waals surface area contributed by atoms with E-state index in [2.05, 4.69) is 32.1 Å². The number of halogens is 3. The van der Waals surface area contributed by atoms with Crippen molar-refractivity contribution in [1.29, 1.82) is 0 Å². The van der Waals surface area contributed by atoms with Gasteiger partial charge in [0.05, 0.1) is 35.8 Å². The Bertz CT molecular complexity index is 1200. The first-order valence-corrected chi connectivity index (χ1v) is 10.5. The molecule has 0 bridgehead atoms. The van der Waals surface area contributed by atoms with E-state index >= 15 is 0 Å². The van der Waals surface area contributed by atoms with E-state index in [0.29, 0.717) is 23.9 Å². The fraction of sp³-hybridized carbons (Fsp3) is 0.174. The lowest BCUT2D eigenvalue weighted by Crippen LogP contribution is -2.36. The van der Waals surface area contributed by atoms with Crippen LogP contribution in [0, 0.1) is 11.6 Å². The van der Waals surface area contributed by atoms with Crippen molar-refractivity contribution in [2.24, 2.45) is 0 Å². The van der Waals surface area contributed by atoms with Crippen LogP contribution in [0.2, 0.25) is 5.02 Å². The Balaban J connectivity index is 1.61. The highest BCUT2D eigenvalue weighted by Gasteiger charge is 2.16. The van der Waals surface area contributed by atoms with Gasteiger partial charge in [0.1, 0.15) is 11.5 Å². The van der Waals surface area contributed by atoms with Crippen LogP contribution >= 0.6 is 11.6 Å². The van der Waals surface area contributed by atoms with E-state index in [1.807, 2.05) is 6.07 Å². The van der Waals surface area contributed by atoms with Gasteiger partial charge in [0.2, 0.25) is 11.9 Å². The van der Waals surface area contributed by atoms with Crippen molar-refractivity contribution in [3.05, 3.63) is 71.9 Å². The molecule has 170 valence electrons. The molecule has 0 atom stereocenters. The lowest BCUT2D eigenvalue weighted by Gasteiger charge is -2.29. The van der Waals surface area contributed by atoms with E-state index in [1.165, 1.54) is 12.1 Å². The highest BCUT2D eigenvalue weighted by Crippen LogP contribution is 2.31. The molecule has 1 amide bonds. The van der Waals surface area contributed by atoms with Crippen molar-refractivity contribution in [2.75, 3.05) is 41.8 Å². The molecular formula is C23H20ClF2N5O2. The van der Waals surface area contributed by atoms with Crippen LogP contribution < -0.4 is 15.5 Å². The zero-order chi connectivity index (χ0) is 23.4. The van der Waals surface area contributed by atoms with Crippen molar-refractivity contribution >= 4 is 40.5 Å². The van der Waals surface area contributed by atoms with Crippen LogP contribution in [0.5, 0.6) is 0 Å². The van der Waals surface area contributed by atoms with Gasteiger partial charge in [-0.25, -0.2) is 18.7 Å². The molecule has 4 rings (SSSR count). The summed E-state index contributed by atoms with van der Waals surface area (Å²) in [5, 5.41) is 6.00. The highest BCUT2D eigenvalue weighted by atomic mass is 35.5. The minimum absolute atomic E-state index is 0.0519. The Labute approximate surface area is 194 Å². The summed E-state index contributed by atoms with van der Waals surface area (Å²) < 4.78 is 34.0. The number of nitrogens with one attached hydrogen (secondary N) is 2. The summed E-state index contributed by atoms with van der Waals surface area (Å²) >= 11 is 6.37. The Morgan fingerprint density at radius 2 is 1.94 bits per heavy atom. The fourth-order valence-corrected chi connectivity index (χ4v) is 3.59. The van der Waals surface area contributed by atoms with Gasteiger partial charge in [-0.2, -0.15) is 0 Å². The standard InChI is InChI=1S/C23H20ClF2N5O2/c1-2-21(32)29-19-11-14(3-6-17(19)25)22-18(26)13-27-23(30-22)28-15-4-5-16(24)20(12-15)31-7-9-33-10-8-31/h2-6,11-13H,1,7-10H2,(H,29,32)(H,27,28,30). The number of carbonyl (C=O) groups is 1. The number of hydrogen-bond acceptors (Lipinski definition) is 6. The number of nitrogens with zero attached hydrogens (tertiary/aromatic N) is 3. The van der Waals surface area contributed by atoms with Gasteiger partial charge in [-0.3, -0.25) is 4.79 Å². The smallest absolute Gasteiger partial charge is 0.247 e. The van der Waals surface area contributed by atoms with Crippen LogP contribution in [-0.2, 0) is 9.53 Å². The highest BCUT2D eigenvalue weighted by molar-refractivity contribution is 6.33. The van der Waals surface area contributed by atoms with Crippen molar-refractivity contribution in [3.8, 4) is 11.3 Å². The number of amides is 1. The monoisotopic (exact) mass is 471 g/mol. The van der Waals surface area contributed by atoms with Gasteiger partial charge in [0.25, 0.3) is 0 Å². The van der Waals surface area contributed by atoms with E-state index in [4.69, 9.17) is 16.3 Å². The summed E-state index contributed by atoms with van der Waals surface area (Å²) in [7, 11) is 0. The van der Waals surface area contributed by atoms with Crippen LogP contribution in [0.3, 0.4) is 0 Å². The Hall–Kier alpha value is -3.56. The molecule has 0 saturated carbocycles. The largest absolute Gasteiger partial charge is 0.378 e. The van der Waals surface area contributed by atoms with E-state index < -0.39 is 17.5 Å². The Morgan fingerprint density at radius 1 is 1.15 bits per heavy atom. The molecule has 2 N–H and O–H groups in total. The predicted octanol–water partition coefficient (Wildman–Crippen LogP) is 4.78. The molecule has 1 aliphatic rings. The number of carbonyl (C=O) groups excluding carboxylic acids is 1. The zero-order valence-corrected chi connectivity index (χ0v) is 18.2. The van der Waals surface area contributed by atoms with Crippen LogP contribution in [-0.4, -0.2) is 42.2 Å². The molecule has 0 unspecified atom stereocenters. The van der Waals surface area contributed by atoms with Crippen LogP contribution in [0.4, 0.5) is 31.8 Å². The molecule has 10 heteroatoms. The van der Waals surface area contributed by atoms with Gasteiger partial charge in [0.15, 0.2) is 5.82 Å². The van der Waals surface area contributed by atoms with Gasteiger partial charge < -0.3 is 20.3 Å². The lowest BCUT2D eigenvalue weighted by molar-refractivity contribution is -0.111. The fourth-order valence-electron chi connectivity index (χ4n) is 3.35. The normalized spacial score (nSPS) is 13.5. The molecule has 1 saturated heterocycles. The first-order valence-electron chi connectivity index (χ1n) is 10.1. The summed E-state index contributed by atoms with van der Waals surface area (Å²) in [6, 6.07) is 9.17. The molecule has 1 aromatic heterocycles. The van der Waals surface area contributed by atoms with E-state index in [0.717, 1.165) is 37.1 Å². The molecular weight excluding hydrogens is 452 g/mol. The van der Waals surface area contributed by atoms with E-state index in [9.17, 15) is 13.6 Å². The van der Waals surface area contributed by atoms with Crippen LogP contribution in [0.1, 0.15) is 0 Å². The molecule has 0 spiro atoms. The quantitative estimate of drug-likeness (QED) is 0.504. The molecule has 1 fully saturated rings. The second kappa shape index (κ2) is 9.93. The number of aromatic nitrogens is 2. The number of benzene rings is 2. The minimum atomic E-state index is -0.696. The molecule has 3 aromatic rings. The predicted molar refractivity (Wildman–Crippen MR) is 124 cm³/mol. The SMILES string of the molecule is C=CC(=O)Nc1cc(-c2nc(Nc3ccc(Cl)c(N4CCOCC4)c3)ncc2F)ccc1F. The van der Waals surface area contributed by atoms with Gasteiger partial charge in [-0.05, 0) is 42.5 Å². The van der Waals surface area contributed by atoms with Gasteiger partial charge in [-0.1, -0.05) is 18.2 Å². The third kappa shape index (κ3) is 5.27. The van der Waals surface area contributed by atoms with Crippen molar-refractivity contribution < 1.29 is 18.3 Å². The van der Waals surface area contributed by atoms with Crippen LogP contribution in [0.15, 0.2) is 55.3 Å². The molecule has 0 radical (unpaired) electrons. The van der Waals surface area contributed by atoms with Crippen molar-refractivity contribution in [1.82, 2.24) is 9.97 Å². The summed E-state index contributed by atoms with van der Waals surface area (Å²) in [5.41, 5.74) is 1.61. The number of morpholine rings is 1. The molecule has 2 heterocycles. The molecule has 0 aliphatic carbocycles. The van der Waals surface area contributed by atoms with Crippen molar-refractivity contribution in [2.45, 2.75) is 0 Å². The number of anilines is 4. The Morgan fingerprint density at radius 3 is 2.70 bits per heavy atom. The first-order chi connectivity index (χ1) is 15.9. The third-order valence-electron chi connectivity index (χ3n) is 4.98. The minimum Gasteiger partial charge on any atom is -0.378 e. The molecule has 33 heavy (non-hydrogen) atoms. The maximum absolute atomic E-state index is 14.5. The second-order valence-electron chi connectivity index (χ2n) is 7.17. The average molecular weight is 472 g/mol. The van der Waals surface area contributed by atoms with E-state index in [-0.39, 0.29) is 22.9 Å². The zero-order valence-electron chi connectivity index (χ0n) is 17.4. The average Bonchev–Trinajstić information content (AvgIpc) is 2.83. The summed E-state index contributed by atoms with van der Waals surface area (Å²) in [4.78, 5) is 21.9. The number of hydrogen-bond donors (Lipinski definition) is 2. The molecule has 2 aromatic carbocycles. The third-order valence-corrected chi connectivity index (χ3v) is 5.30. The second-order valence-corrected chi connectivity index (χ2v) is 7.58. The maximum Gasteiger partial charge on any atom is 0.247 e. The molecule has 1 aliphatic heterocycles. The number of ether oxygens (including phenoxy) is 1. The number of rotatable bonds is 6. The lowest BCUT2D eigenvalue weighted by atomic mass is 10.1. The first kappa shape index (κ1) is 22.6. The Kier molecular flexibility index (Phi) is 6.81. The summed E-state index contributed by atoms with van der Waals surface area (Å²) in [6.07, 6.45) is 2.03. The van der Waals surface area contributed by atoms with E-state index in [1.54, 1.807) is 12.1 Å². The van der Waals surface area contributed by atoms with Crippen LogP contribution in [0.25, 0.3) is 11.3 Å². The van der Waals surface area contributed by atoms with Gasteiger partial charge in [0, 0.05) is 24.3 Å². The van der Waals surface area contributed by atoms with Crippen molar-refractivity contribution in [3.63, 3.8) is 0 Å². The topological polar surface area (TPSA) is 79.4 Å². The summed E-state index contributed by atoms with van der Waals surface area (Å²) in [5.74, 6) is -1.81.